The number of aliphatic hydroxyl groups excluding tert-OH is 1. The third kappa shape index (κ3) is 2.31. The monoisotopic (exact) mass is 274 g/mol. The van der Waals surface area contributed by atoms with Crippen LogP contribution in [-0.4, -0.2) is 17.5 Å². The number of halogens is 6. The van der Waals surface area contributed by atoms with Crippen molar-refractivity contribution in [3.05, 3.63) is 11.3 Å². The molecule has 0 amide bonds. The third-order valence-electron chi connectivity index (χ3n) is 3.86. The van der Waals surface area contributed by atoms with Crippen LogP contribution in [0.4, 0.5) is 26.3 Å². The van der Waals surface area contributed by atoms with Crippen molar-refractivity contribution in [2.45, 2.75) is 38.0 Å². The maximum absolute atomic E-state index is 12.4. The lowest BCUT2D eigenvalue weighted by Gasteiger charge is -2.26. The van der Waals surface area contributed by atoms with E-state index in [1.165, 1.54) is 0 Å². The van der Waals surface area contributed by atoms with Gasteiger partial charge in [0.2, 0.25) is 0 Å². The summed E-state index contributed by atoms with van der Waals surface area (Å²) in [5.41, 5.74) is -0.0362. The molecule has 1 saturated carbocycles. The highest BCUT2D eigenvalue weighted by Crippen LogP contribution is 2.52. The predicted octanol–water partition coefficient (Wildman–Crippen LogP) is 4.36. The minimum absolute atomic E-state index is 0.0362. The molecule has 0 aromatic heterocycles. The minimum atomic E-state index is -5.33. The first-order chi connectivity index (χ1) is 8.10. The van der Waals surface area contributed by atoms with Gasteiger partial charge in [0.25, 0.3) is 0 Å². The largest absolute Gasteiger partial charge is 0.512 e. The maximum atomic E-state index is 12.4. The van der Waals surface area contributed by atoms with Crippen molar-refractivity contribution in [2.75, 3.05) is 0 Å². The molecule has 1 nitrogen and oxygen atoms in total. The van der Waals surface area contributed by atoms with Crippen molar-refractivity contribution in [3.63, 3.8) is 0 Å². The summed E-state index contributed by atoms with van der Waals surface area (Å²) in [7, 11) is 0. The predicted molar refractivity (Wildman–Crippen MR) is 50.7 cm³/mol. The third-order valence-corrected chi connectivity index (χ3v) is 3.86. The smallest absolute Gasteiger partial charge is 0.400 e. The lowest BCUT2D eigenvalue weighted by atomic mass is 9.88. The molecule has 1 fully saturated rings. The Kier molecular flexibility index (Phi) is 3.06. The van der Waals surface area contributed by atoms with Crippen LogP contribution in [0.3, 0.4) is 0 Å². The maximum Gasteiger partial charge on any atom is 0.400 e. The summed E-state index contributed by atoms with van der Waals surface area (Å²) in [6.07, 6.45) is -10.1. The van der Waals surface area contributed by atoms with E-state index in [1.54, 1.807) is 0 Å². The van der Waals surface area contributed by atoms with E-state index >= 15 is 0 Å². The lowest BCUT2D eigenvalue weighted by molar-refractivity contribution is -0.283. The summed E-state index contributed by atoms with van der Waals surface area (Å²) in [5, 5.41) is 9.60. The van der Waals surface area contributed by atoms with Gasteiger partial charge in [-0.05, 0) is 37.2 Å². The molecule has 2 atom stereocenters. The number of hydrogen-bond donors (Lipinski definition) is 1. The van der Waals surface area contributed by atoms with Crippen LogP contribution < -0.4 is 0 Å². The Morgan fingerprint density at radius 2 is 1.50 bits per heavy atom. The van der Waals surface area contributed by atoms with Crippen LogP contribution >= 0.6 is 0 Å². The SMILES string of the molecule is OC1=C(CC(C(F)(F)F)C(F)(F)F)C2CCC1C2. The molecule has 0 heterocycles. The quantitative estimate of drug-likeness (QED) is 0.742. The Morgan fingerprint density at radius 1 is 1.00 bits per heavy atom. The summed E-state index contributed by atoms with van der Waals surface area (Å²) < 4.78 is 74.5. The lowest BCUT2D eigenvalue weighted by Crippen LogP contribution is -2.37. The van der Waals surface area contributed by atoms with Crippen molar-refractivity contribution in [1.82, 2.24) is 0 Å². The number of aliphatic hydroxyl groups is 1. The zero-order chi connectivity index (χ0) is 13.7. The minimum Gasteiger partial charge on any atom is -0.512 e. The van der Waals surface area contributed by atoms with E-state index in [0.29, 0.717) is 19.3 Å². The van der Waals surface area contributed by atoms with Gasteiger partial charge in [-0.3, -0.25) is 0 Å². The van der Waals surface area contributed by atoms with Gasteiger partial charge >= 0.3 is 12.4 Å². The van der Waals surface area contributed by atoms with Crippen LogP contribution in [0.2, 0.25) is 0 Å². The summed E-state index contributed by atoms with van der Waals surface area (Å²) in [5.74, 6) is -4.14. The second-order valence-corrected chi connectivity index (χ2v) is 4.96. The van der Waals surface area contributed by atoms with E-state index in [4.69, 9.17) is 0 Å². The van der Waals surface area contributed by atoms with Crippen LogP contribution in [0.5, 0.6) is 0 Å². The van der Waals surface area contributed by atoms with Gasteiger partial charge in [-0.1, -0.05) is 0 Å². The highest BCUT2D eigenvalue weighted by Gasteiger charge is 2.57. The Morgan fingerprint density at radius 3 is 1.89 bits per heavy atom. The Hall–Kier alpha value is -0.880. The molecule has 0 spiro atoms. The van der Waals surface area contributed by atoms with Crippen molar-refractivity contribution in [3.8, 4) is 0 Å². The van der Waals surface area contributed by atoms with Crippen LogP contribution in [0, 0.1) is 17.8 Å². The fourth-order valence-electron chi connectivity index (χ4n) is 2.93. The standard InChI is InChI=1S/C11H12F6O/c12-10(13,14)8(11(15,16)17)4-7-5-1-2-6(3-5)9(7)18/h5-6,8,18H,1-4H2. The van der Waals surface area contributed by atoms with Gasteiger partial charge in [-0.25, -0.2) is 0 Å². The molecular formula is C11H12F6O. The van der Waals surface area contributed by atoms with E-state index in [2.05, 4.69) is 0 Å². The molecule has 2 aliphatic rings. The van der Waals surface area contributed by atoms with E-state index in [9.17, 15) is 31.4 Å². The van der Waals surface area contributed by atoms with E-state index in [1.807, 2.05) is 0 Å². The molecule has 0 aromatic rings. The summed E-state index contributed by atoms with van der Waals surface area (Å²) >= 11 is 0. The van der Waals surface area contributed by atoms with Crippen molar-refractivity contribution >= 4 is 0 Å². The van der Waals surface area contributed by atoms with Gasteiger partial charge in [0.1, 0.15) is 0 Å². The zero-order valence-electron chi connectivity index (χ0n) is 9.28. The molecule has 2 unspecified atom stereocenters. The molecule has 2 rings (SSSR count). The molecule has 0 aliphatic heterocycles. The Balaban J connectivity index is 2.21. The average Bonchev–Trinajstić information content (AvgIpc) is 2.71. The molecule has 0 aromatic carbocycles. The first-order valence-electron chi connectivity index (χ1n) is 5.66. The highest BCUT2D eigenvalue weighted by atomic mass is 19.4. The molecule has 0 saturated heterocycles. The number of rotatable bonds is 2. The van der Waals surface area contributed by atoms with Gasteiger partial charge < -0.3 is 5.11 Å². The molecule has 18 heavy (non-hydrogen) atoms. The van der Waals surface area contributed by atoms with E-state index < -0.39 is 24.7 Å². The Bertz CT molecular complexity index is 353. The van der Waals surface area contributed by atoms with Gasteiger partial charge in [0.05, 0.1) is 5.76 Å². The molecule has 0 radical (unpaired) electrons. The molecule has 104 valence electrons. The normalized spacial score (nSPS) is 28.6. The molecule has 2 aliphatic carbocycles. The van der Waals surface area contributed by atoms with Gasteiger partial charge in [0.15, 0.2) is 5.92 Å². The van der Waals surface area contributed by atoms with E-state index in [0.717, 1.165) is 0 Å². The zero-order valence-corrected chi connectivity index (χ0v) is 9.28. The topological polar surface area (TPSA) is 20.2 Å². The second-order valence-electron chi connectivity index (χ2n) is 4.96. The summed E-state index contributed by atoms with van der Waals surface area (Å²) in [6.45, 7) is 0. The number of allylic oxidation sites excluding steroid dienone is 2. The van der Waals surface area contributed by atoms with Gasteiger partial charge in [-0.15, -0.1) is 0 Å². The number of fused-ring (bicyclic) bond motifs is 2. The van der Waals surface area contributed by atoms with Crippen LogP contribution in [0.1, 0.15) is 25.7 Å². The average molecular weight is 274 g/mol. The number of alkyl halides is 6. The van der Waals surface area contributed by atoms with Gasteiger partial charge in [0, 0.05) is 5.92 Å². The molecular weight excluding hydrogens is 262 g/mol. The fourth-order valence-corrected chi connectivity index (χ4v) is 2.93. The second kappa shape index (κ2) is 4.06. The Labute approximate surface area is 99.5 Å². The molecule has 2 bridgehead atoms. The number of hydrogen-bond acceptors (Lipinski definition) is 1. The van der Waals surface area contributed by atoms with Crippen LogP contribution in [0.15, 0.2) is 11.3 Å². The van der Waals surface area contributed by atoms with Gasteiger partial charge in [-0.2, -0.15) is 26.3 Å². The molecule has 7 heteroatoms. The van der Waals surface area contributed by atoms with Crippen LogP contribution in [0.25, 0.3) is 0 Å². The van der Waals surface area contributed by atoms with Crippen molar-refractivity contribution < 1.29 is 31.4 Å². The fraction of sp³-hybridized carbons (Fsp3) is 0.818. The summed E-state index contributed by atoms with van der Waals surface area (Å²) in [4.78, 5) is 0. The van der Waals surface area contributed by atoms with Crippen LogP contribution in [-0.2, 0) is 0 Å². The summed E-state index contributed by atoms with van der Waals surface area (Å²) in [6, 6.07) is 0. The first-order valence-corrected chi connectivity index (χ1v) is 5.66. The molecule has 1 N–H and O–H groups in total. The van der Waals surface area contributed by atoms with Crippen molar-refractivity contribution in [2.24, 2.45) is 17.8 Å². The highest BCUT2D eigenvalue weighted by molar-refractivity contribution is 5.25. The first kappa shape index (κ1) is 13.5. The van der Waals surface area contributed by atoms with Crippen molar-refractivity contribution in [1.29, 1.82) is 0 Å². The van der Waals surface area contributed by atoms with E-state index in [-0.39, 0.29) is 23.2 Å².